The van der Waals surface area contributed by atoms with E-state index in [1.807, 2.05) is 6.07 Å². The van der Waals surface area contributed by atoms with Crippen molar-refractivity contribution in [3.05, 3.63) is 30.3 Å². The Hall–Kier alpha value is -1.80. The Morgan fingerprint density at radius 2 is 1.85 bits per heavy atom. The van der Waals surface area contributed by atoms with Gasteiger partial charge < -0.3 is 15.3 Å². The van der Waals surface area contributed by atoms with Gasteiger partial charge in [0.2, 0.25) is 10.0 Å². The molecule has 2 N–H and O–H groups in total. The number of rotatable bonds is 2. The van der Waals surface area contributed by atoms with Crippen molar-refractivity contribution in [2.24, 2.45) is 0 Å². The highest BCUT2D eigenvalue weighted by atomic mass is 32.2. The monoisotopic (exact) mass is 393 g/mol. The van der Waals surface area contributed by atoms with Gasteiger partial charge in [0.1, 0.15) is 4.75 Å². The Bertz CT molecular complexity index is 794. The minimum absolute atomic E-state index is 0.0322. The number of amides is 2. The number of para-hydroxylation sites is 1. The second-order valence-corrected chi connectivity index (χ2v) is 10.1. The summed E-state index contributed by atoms with van der Waals surface area (Å²) < 4.78 is 26.6. The second-order valence-electron chi connectivity index (χ2n) is 7.91. The van der Waals surface area contributed by atoms with Gasteiger partial charge in [-0.2, -0.15) is 0 Å². The van der Waals surface area contributed by atoms with Crippen LogP contribution in [0.25, 0.3) is 0 Å². The van der Waals surface area contributed by atoms with Crippen LogP contribution in [0.1, 0.15) is 38.5 Å². The molecule has 2 amide bonds. The summed E-state index contributed by atoms with van der Waals surface area (Å²) in [5.41, 5.74) is 0.554. The quantitative estimate of drug-likeness (QED) is 0.800. The maximum Gasteiger partial charge on any atom is 0.317 e. The zero-order chi connectivity index (χ0) is 19.1. The van der Waals surface area contributed by atoms with Crippen molar-refractivity contribution in [2.45, 2.75) is 55.4 Å². The maximum absolute atomic E-state index is 13.3. The minimum Gasteiger partial charge on any atom is -0.389 e. The number of anilines is 1. The van der Waals surface area contributed by atoms with E-state index in [0.717, 1.165) is 25.7 Å². The molecule has 0 bridgehead atoms. The van der Waals surface area contributed by atoms with Crippen LogP contribution in [0.2, 0.25) is 0 Å². The van der Waals surface area contributed by atoms with Crippen LogP contribution in [-0.2, 0) is 10.0 Å². The molecule has 8 heteroatoms. The predicted octanol–water partition coefficient (Wildman–Crippen LogP) is 1.68. The molecule has 1 aliphatic carbocycles. The van der Waals surface area contributed by atoms with Gasteiger partial charge in [0.25, 0.3) is 0 Å². The Kier molecular flexibility index (Phi) is 4.80. The third-order valence-corrected chi connectivity index (χ3v) is 8.85. The summed E-state index contributed by atoms with van der Waals surface area (Å²) >= 11 is 0. The molecule has 2 atom stereocenters. The minimum atomic E-state index is -3.77. The number of nitrogens with zero attached hydrogens (tertiary/aromatic N) is 2. The Labute approximate surface area is 160 Å². The topological polar surface area (TPSA) is 90.0 Å². The Morgan fingerprint density at radius 3 is 2.56 bits per heavy atom. The largest absolute Gasteiger partial charge is 0.389 e. The van der Waals surface area contributed by atoms with Gasteiger partial charge in [-0.3, -0.25) is 4.31 Å². The van der Waals surface area contributed by atoms with E-state index in [1.165, 1.54) is 10.7 Å². The van der Waals surface area contributed by atoms with E-state index in [0.29, 0.717) is 12.2 Å². The van der Waals surface area contributed by atoms with Crippen LogP contribution in [0.4, 0.5) is 10.5 Å². The number of benzene rings is 1. The smallest absolute Gasteiger partial charge is 0.317 e. The van der Waals surface area contributed by atoms with Gasteiger partial charge in [0.15, 0.2) is 0 Å². The van der Waals surface area contributed by atoms with Crippen LogP contribution < -0.4 is 9.62 Å². The van der Waals surface area contributed by atoms with Gasteiger partial charge in [0, 0.05) is 19.1 Å². The summed E-state index contributed by atoms with van der Waals surface area (Å²) in [6.07, 6.45) is 4.65. The number of aliphatic hydroxyl groups is 1. The van der Waals surface area contributed by atoms with Gasteiger partial charge in [-0.15, -0.1) is 0 Å². The van der Waals surface area contributed by atoms with Gasteiger partial charge in [0.05, 0.1) is 18.3 Å². The third-order valence-electron chi connectivity index (χ3n) is 6.28. The van der Waals surface area contributed by atoms with Crippen LogP contribution in [0.5, 0.6) is 0 Å². The molecule has 27 heavy (non-hydrogen) atoms. The first-order valence-electron chi connectivity index (χ1n) is 9.75. The third kappa shape index (κ3) is 3.08. The molecular weight excluding hydrogens is 366 g/mol. The lowest BCUT2D eigenvalue weighted by atomic mass is 9.96. The predicted molar refractivity (Wildman–Crippen MR) is 103 cm³/mol. The highest BCUT2D eigenvalue weighted by Crippen LogP contribution is 2.42. The first kappa shape index (κ1) is 18.6. The zero-order valence-corrected chi connectivity index (χ0v) is 16.2. The molecule has 3 aliphatic rings. The molecule has 2 heterocycles. The van der Waals surface area contributed by atoms with E-state index in [4.69, 9.17) is 0 Å². The van der Waals surface area contributed by atoms with E-state index in [2.05, 4.69) is 5.32 Å². The molecule has 2 aliphatic heterocycles. The molecule has 0 radical (unpaired) electrons. The van der Waals surface area contributed by atoms with Gasteiger partial charge in [-0.1, -0.05) is 37.5 Å². The lowest BCUT2D eigenvalue weighted by Gasteiger charge is -2.28. The number of carbonyl (C=O) groups excluding carboxylic acids is 1. The van der Waals surface area contributed by atoms with E-state index in [9.17, 15) is 18.3 Å². The molecule has 148 valence electrons. The van der Waals surface area contributed by atoms with Crippen LogP contribution >= 0.6 is 0 Å². The second kappa shape index (κ2) is 6.98. The average molecular weight is 394 g/mol. The van der Waals surface area contributed by atoms with Crippen molar-refractivity contribution in [1.29, 1.82) is 0 Å². The van der Waals surface area contributed by atoms with E-state index in [1.54, 1.807) is 29.2 Å². The number of aliphatic hydroxyl groups excluding tert-OH is 1. The number of hydrogen-bond acceptors (Lipinski definition) is 4. The van der Waals surface area contributed by atoms with Gasteiger partial charge in [-0.25, -0.2) is 13.2 Å². The summed E-state index contributed by atoms with van der Waals surface area (Å²) in [5.74, 6) is 0. The summed E-state index contributed by atoms with van der Waals surface area (Å²) in [4.78, 5) is 14.2. The number of likely N-dealkylation sites (tertiary alicyclic amines) is 1. The van der Waals surface area contributed by atoms with Crippen LogP contribution in [0.3, 0.4) is 0 Å². The fourth-order valence-electron chi connectivity index (χ4n) is 4.63. The van der Waals surface area contributed by atoms with Crippen molar-refractivity contribution >= 4 is 21.7 Å². The molecule has 7 nitrogen and oxygen atoms in total. The molecule has 0 aromatic heterocycles. The zero-order valence-electron chi connectivity index (χ0n) is 15.4. The lowest BCUT2D eigenvalue weighted by molar-refractivity contribution is 0.144. The molecule has 3 fully saturated rings. The van der Waals surface area contributed by atoms with Gasteiger partial charge >= 0.3 is 6.03 Å². The molecular formula is C19H27N3O4S. The SMILES string of the molecule is O=C(NC1CCCCC1)N1CC[C@@]2(C1)[C@@H](O)CN(c1ccccc1)S2(=O)=O. The molecule has 4 rings (SSSR count). The highest BCUT2D eigenvalue weighted by Gasteiger charge is 2.62. The Balaban J connectivity index is 1.51. The number of sulfonamides is 1. The van der Waals surface area contributed by atoms with Crippen LogP contribution in [0, 0.1) is 0 Å². The van der Waals surface area contributed by atoms with E-state index < -0.39 is 20.9 Å². The van der Waals surface area contributed by atoms with Gasteiger partial charge in [-0.05, 0) is 31.4 Å². The van der Waals surface area contributed by atoms with Crippen molar-refractivity contribution < 1.29 is 18.3 Å². The Morgan fingerprint density at radius 1 is 1.15 bits per heavy atom. The first-order valence-corrected chi connectivity index (χ1v) is 11.2. The fraction of sp³-hybridized carbons (Fsp3) is 0.632. The molecule has 1 aromatic rings. The number of urea groups is 1. The molecule has 1 aromatic carbocycles. The molecule has 1 spiro atoms. The highest BCUT2D eigenvalue weighted by molar-refractivity contribution is 7.94. The van der Waals surface area contributed by atoms with Crippen molar-refractivity contribution in [3.63, 3.8) is 0 Å². The van der Waals surface area contributed by atoms with Crippen molar-refractivity contribution in [2.75, 3.05) is 23.9 Å². The summed E-state index contributed by atoms with van der Waals surface area (Å²) in [6, 6.07) is 8.80. The molecule has 0 unspecified atom stereocenters. The lowest BCUT2D eigenvalue weighted by Crippen LogP contribution is -2.51. The summed E-state index contributed by atoms with van der Waals surface area (Å²) in [7, 11) is -3.77. The standard InChI is InChI=1S/C19H27N3O4S/c23-17-13-22(16-9-5-2-6-10-16)27(25,26)19(17)11-12-21(14-19)18(24)20-15-7-3-1-4-8-15/h2,5-6,9-10,15,17,23H,1,3-4,7-8,11-14H2,(H,20,24)/t17-,19+/m0/s1. The summed E-state index contributed by atoms with van der Waals surface area (Å²) in [5, 5.41) is 13.7. The fourth-order valence-corrected chi connectivity index (χ4v) is 6.89. The maximum atomic E-state index is 13.3. The van der Waals surface area contributed by atoms with Crippen molar-refractivity contribution in [1.82, 2.24) is 10.2 Å². The number of β-amino-alcohol motifs (C(OH)–C–C–N with tert-alkyl or cyclic N) is 1. The number of hydrogen-bond donors (Lipinski definition) is 2. The van der Waals surface area contributed by atoms with E-state index in [-0.39, 0.29) is 31.6 Å². The van der Waals surface area contributed by atoms with Crippen LogP contribution in [-0.4, -0.2) is 61.0 Å². The first-order chi connectivity index (χ1) is 12.9. The number of carbonyl (C=O) groups is 1. The number of nitrogens with one attached hydrogen (secondary N) is 1. The van der Waals surface area contributed by atoms with E-state index >= 15 is 0 Å². The molecule has 2 saturated heterocycles. The van der Waals surface area contributed by atoms with Crippen molar-refractivity contribution in [3.8, 4) is 0 Å². The normalized spacial score (nSPS) is 30.8. The summed E-state index contributed by atoms with van der Waals surface area (Å²) in [6.45, 7) is 0.417. The molecule has 1 saturated carbocycles. The van der Waals surface area contributed by atoms with Crippen LogP contribution in [0.15, 0.2) is 30.3 Å². The average Bonchev–Trinajstić information content (AvgIpc) is 3.21.